The van der Waals surface area contributed by atoms with Crippen LogP contribution < -0.4 is 5.32 Å². The van der Waals surface area contributed by atoms with Crippen molar-refractivity contribution in [2.45, 2.75) is 65.0 Å². The van der Waals surface area contributed by atoms with Crippen LogP contribution in [0.3, 0.4) is 0 Å². The van der Waals surface area contributed by atoms with Gasteiger partial charge < -0.3 is 5.32 Å². The third-order valence-electron chi connectivity index (χ3n) is 4.34. The van der Waals surface area contributed by atoms with E-state index in [0.29, 0.717) is 5.41 Å². The minimum Gasteiger partial charge on any atom is -0.311 e. The highest BCUT2D eigenvalue weighted by atomic mass is 15.0. The molecule has 0 spiro atoms. The van der Waals surface area contributed by atoms with Gasteiger partial charge in [0.1, 0.15) is 0 Å². The third-order valence-corrected chi connectivity index (χ3v) is 4.34. The molecule has 1 nitrogen and oxygen atoms in total. The summed E-state index contributed by atoms with van der Waals surface area (Å²) in [5, 5.41) is 3.81. The summed E-state index contributed by atoms with van der Waals surface area (Å²) in [7, 11) is 0. The first-order valence-electron chi connectivity index (χ1n) is 5.86. The lowest BCUT2D eigenvalue weighted by Gasteiger charge is -2.48. The van der Waals surface area contributed by atoms with Crippen LogP contribution in [0.5, 0.6) is 0 Å². The summed E-state index contributed by atoms with van der Waals surface area (Å²) in [4.78, 5) is 0. The predicted octanol–water partition coefficient (Wildman–Crippen LogP) is 2.95. The van der Waals surface area contributed by atoms with Crippen molar-refractivity contribution in [2.75, 3.05) is 0 Å². The number of rotatable bonds is 3. The van der Waals surface area contributed by atoms with Crippen LogP contribution in [0.4, 0.5) is 0 Å². The molecule has 1 heteroatoms. The van der Waals surface area contributed by atoms with Gasteiger partial charge in [0.25, 0.3) is 0 Å². The summed E-state index contributed by atoms with van der Waals surface area (Å²) in [5.74, 6) is 0.983. The summed E-state index contributed by atoms with van der Waals surface area (Å²) in [6, 6.07) is 1.56. The SMILES string of the molecule is CC(NC1CCC1(C)C)C1CCC1. The van der Waals surface area contributed by atoms with Crippen LogP contribution in [0.25, 0.3) is 0 Å². The van der Waals surface area contributed by atoms with Crippen molar-refractivity contribution in [3.8, 4) is 0 Å². The summed E-state index contributed by atoms with van der Waals surface area (Å²) >= 11 is 0. The Labute approximate surface area is 82.3 Å². The van der Waals surface area contributed by atoms with E-state index in [9.17, 15) is 0 Å². The lowest BCUT2D eigenvalue weighted by Crippen LogP contribution is -2.55. The van der Waals surface area contributed by atoms with Crippen LogP contribution in [0.2, 0.25) is 0 Å². The van der Waals surface area contributed by atoms with E-state index in [-0.39, 0.29) is 0 Å². The molecular weight excluding hydrogens is 158 g/mol. The minimum absolute atomic E-state index is 0.567. The Morgan fingerprint density at radius 3 is 2.23 bits per heavy atom. The van der Waals surface area contributed by atoms with Gasteiger partial charge in [-0.25, -0.2) is 0 Å². The van der Waals surface area contributed by atoms with E-state index in [0.717, 1.165) is 18.0 Å². The average Bonchev–Trinajstić information content (AvgIpc) is 1.95. The first-order chi connectivity index (χ1) is 6.09. The highest BCUT2D eigenvalue weighted by molar-refractivity contribution is 4.96. The van der Waals surface area contributed by atoms with Crippen molar-refractivity contribution in [3.63, 3.8) is 0 Å². The molecule has 0 heterocycles. The molecule has 0 saturated heterocycles. The van der Waals surface area contributed by atoms with E-state index in [1.807, 2.05) is 0 Å². The van der Waals surface area contributed by atoms with E-state index in [1.165, 1.54) is 32.1 Å². The molecule has 0 aromatic rings. The molecule has 2 fully saturated rings. The third kappa shape index (κ3) is 1.76. The largest absolute Gasteiger partial charge is 0.311 e. The Morgan fingerprint density at radius 1 is 1.23 bits per heavy atom. The van der Waals surface area contributed by atoms with E-state index < -0.39 is 0 Å². The lowest BCUT2D eigenvalue weighted by molar-refractivity contribution is 0.0810. The maximum Gasteiger partial charge on any atom is 0.0121 e. The molecular formula is C12H23N. The van der Waals surface area contributed by atoms with Crippen LogP contribution in [-0.2, 0) is 0 Å². The van der Waals surface area contributed by atoms with Crippen molar-refractivity contribution < 1.29 is 0 Å². The van der Waals surface area contributed by atoms with Crippen LogP contribution in [0, 0.1) is 11.3 Å². The zero-order valence-electron chi connectivity index (χ0n) is 9.27. The fourth-order valence-corrected chi connectivity index (χ4v) is 2.57. The fourth-order valence-electron chi connectivity index (χ4n) is 2.57. The molecule has 0 radical (unpaired) electrons. The highest BCUT2D eigenvalue weighted by Crippen LogP contribution is 2.41. The monoisotopic (exact) mass is 181 g/mol. The molecule has 0 amide bonds. The Bertz CT molecular complexity index is 182. The Balaban J connectivity index is 1.77. The zero-order chi connectivity index (χ0) is 9.47. The summed E-state index contributed by atoms with van der Waals surface area (Å²) in [6.45, 7) is 7.15. The molecule has 2 aliphatic rings. The predicted molar refractivity (Wildman–Crippen MR) is 56.7 cm³/mol. The van der Waals surface area contributed by atoms with Gasteiger partial charge in [0.15, 0.2) is 0 Å². The van der Waals surface area contributed by atoms with Crippen molar-refractivity contribution in [3.05, 3.63) is 0 Å². The van der Waals surface area contributed by atoms with Crippen molar-refractivity contribution in [2.24, 2.45) is 11.3 Å². The zero-order valence-corrected chi connectivity index (χ0v) is 9.27. The minimum atomic E-state index is 0.567. The van der Waals surface area contributed by atoms with Gasteiger partial charge in [0.05, 0.1) is 0 Å². The van der Waals surface area contributed by atoms with Gasteiger partial charge >= 0.3 is 0 Å². The molecule has 2 unspecified atom stereocenters. The topological polar surface area (TPSA) is 12.0 Å². The van der Waals surface area contributed by atoms with Crippen LogP contribution >= 0.6 is 0 Å². The number of hydrogen-bond donors (Lipinski definition) is 1. The fraction of sp³-hybridized carbons (Fsp3) is 1.00. The number of nitrogens with one attached hydrogen (secondary N) is 1. The van der Waals surface area contributed by atoms with Gasteiger partial charge in [-0.05, 0) is 43.9 Å². The first-order valence-corrected chi connectivity index (χ1v) is 5.86. The van der Waals surface area contributed by atoms with Gasteiger partial charge in [-0.15, -0.1) is 0 Å². The molecule has 1 N–H and O–H groups in total. The average molecular weight is 181 g/mol. The Morgan fingerprint density at radius 2 is 1.92 bits per heavy atom. The molecule has 0 aromatic carbocycles. The van der Waals surface area contributed by atoms with Crippen LogP contribution in [0.15, 0.2) is 0 Å². The van der Waals surface area contributed by atoms with Crippen LogP contribution in [0.1, 0.15) is 52.9 Å². The van der Waals surface area contributed by atoms with Crippen molar-refractivity contribution in [1.29, 1.82) is 0 Å². The first kappa shape index (κ1) is 9.51. The normalized spacial score (nSPS) is 34.8. The molecule has 0 aliphatic heterocycles. The quantitative estimate of drug-likeness (QED) is 0.706. The second kappa shape index (κ2) is 3.27. The smallest absolute Gasteiger partial charge is 0.0121 e. The summed E-state index contributed by atoms with van der Waals surface area (Å²) in [5.41, 5.74) is 0.567. The molecule has 2 rings (SSSR count). The maximum atomic E-state index is 3.81. The second-order valence-corrected chi connectivity index (χ2v) is 5.73. The van der Waals surface area contributed by atoms with E-state index in [2.05, 4.69) is 26.1 Å². The maximum absolute atomic E-state index is 3.81. The second-order valence-electron chi connectivity index (χ2n) is 5.73. The highest BCUT2D eigenvalue weighted by Gasteiger charge is 2.39. The number of hydrogen-bond acceptors (Lipinski definition) is 1. The molecule has 76 valence electrons. The van der Waals surface area contributed by atoms with E-state index in [1.54, 1.807) is 0 Å². The van der Waals surface area contributed by atoms with Gasteiger partial charge in [-0.2, -0.15) is 0 Å². The molecule has 2 saturated carbocycles. The summed E-state index contributed by atoms with van der Waals surface area (Å²) in [6.07, 6.45) is 7.18. The van der Waals surface area contributed by atoms with Gasteiger partial charge in [0, 0.05) is 12.1 Å². The standard InChI is InChI=1S/C12H23N/c1-9(10-5-4-6-10)13-11-7-8-12(11,2)3/h9-11,13H,4-8H2,1-3H3. The van der Waals surface area contributed by atoms with Crippen molar-refractivity contribution in [1.82, 2.24) is 5.32 Å². The van der Waals surface area contributed by atoms with Gasteiger partial charge in [-0.3, -0.25) is 0 Å². The van der Waals surface area contributed by atoms with E-state index in [4.69, 9.17) is 0 Å². The van der Waals surface area contributed by atoms with E-state index >= 15 is 0 Å². The molecule has 0 bridgehead atoms. The molecule has 2 aliphatic carbocycles. The summed E-state index contributed by atoms with van der Waals surface area (Å²) < 4.78 is 0. The lowest BCUT2D eigenvalue weighted by atomic mass is 9.66. The van der Waals surface area contributed by atoms with Gasteiger partial charge in [-0.1, -0.05) is 20.3 Å². The van der Waals surface area contributed by atoms with Gasteiger partial charge in [0.2, 0.25) is 0 Å². The van der Waals surface area contributed by atoms with Crippen molar-refractivity contribution >= 4 is 0 Å². The molecule has 13 heavy (non-hydrogen) atoms. The Hall–Kier alpha value is -0.0400. The molecule has 2 atom stereocenters. The van der Waals surface area contributed by atoms with Crippen LogP contribution in [-0.4, -0.2) is 12.1 Å². The molecule has 0 aromatic heterocycles. The Kier molecular flexibility index (Phi) is 2.39.